The molecule has 0 spiro atoms. The summed E-state index contributed by atoms with van der Waals surface area (Å²) in [6.45, 7) is 4.35. The fraction of sp³-hybridized carbons (Fsp3) is 0.0938. The second-order valence-corrected chi connectivity index (χ2v) is 11.1. The lowest BCUT2D eigenvalue weighted by molar-refractivity contribution is 0.0686. The standard InChI is InChI=1S/C32H23N3O5S/c1-32(2)21(5-6-22(32)28-7-8-29(41-28)27-4-3-13-40-27)18-9-11-33-23(14-18)25-16-20(31(38)39)17-26(35-25)24-15-19(30(36)37)10-12-34-24/h3-17H,1-2H3,(H,36,37)(H,38,39). The molecule has 0 fully saturated rings. The Hall–Kier alpha value is -5.15. The molecular formula is C32H23N3O5S. The maximum Gasteiger partial charge on any atom is 0.335 e. The van der Waals surface area contributed by atoms with Crippen LogP contribution in [0.25, 0.3) is 44.6 Å². The lowest BCUT2D eigenvalue weighted by atomic mass is 9.77. The van der Waals surface area contributed by atoms with Gasteiger partial charge in [-0.3, -0.25) is 9.97 Å². The Balaban J connectivity index is 1.35. The molecule has 0 saturated carbocycles. The number of carboxylic acid groups (broad SMARTS) is 2. The fourth-order valence-corrected chi connectivity index (χ4v) is 6.13. The van der Waals surface area contributed by atoms with Gasteiger partial charge in [-0.15, -0.1) is 11.3 Å². The number of pyridine rings is 3. The van der Waals surface area contributed by atoms with Crippen molar-refractivity contribution in [1.82, 2.24) is 15.0 Å². The van der Waals surface area contributed by atoms with Gasteiger partial charge in [0, 0.05) is 22.7 Å². The molecule has 5 aromatic rings. The second kappa shape index (κ2) is 10.1. The van der Waals surface area contributed by atoms with E-state index in [1.54, 1.807) is 23.8 Å². The van der Waals surface area contributed by atoms with Crippen molar-refractivity contribution in [2.24, 2.45) is 5.41 Å². The number of thiophene rings is 1. The van der Waals surface area contributed by atoms with Gasteiger partial charge in [0.2, 0.25) is 0 Å². The molecular weight excluding hydrogens is 538 g/mol. The van der Waals surface area contributed by atoms with Crippen molar-refractivity contribution in [1.29, 1.82) is 0 Å². The third-order valence-corrected chi connectivity index (χ3v) is 8.21. The predicted octanol–water partition coefficient (Wildman–Crippen LogP) is 7.43. The first-order valence-corrected chi connectivity index (χ1v) is 13.5. The summed E-state index contributed by atoms with van der Waals surface area (Å²) >= 11 is 1.68. The third-order valence-electron chi connectivity index (χ3n) is 7.07. The molecule has 0 unspecified atom stereocenters. The van der Waals surface area contributed by atoms with Crippen molar-refractivity contribution >= 4 is 34.4 Å². The molecule has 5 heterocycles. The Morgan fingerprint density at radius 2 is 1.39 bits per heavy atom. The highest BCUT2D eigenvalue weighted by molar-refractivity contribution is 7.16. The molecule has 8 nitrogen and oxygen atoms in total. The SMILES string of the molecule is CC1(C)C(c2ccnc(-c3cc(C(=O)O)cc(-c4cc(C(=O)O)ccn4)n3)c2)=CC=C1c1ccc(-c2ccco2)s1. The summed E-state index contributed by atoms with van der Waals surface area (Å²) in [6.07, 6.45) is 8.95. The van der Waals surface area contributed by atoms with Crippen molar-refractivity contribution in [2.75, 3.05) is 0 Å². The summed E-state index contributed by atoms with van der Waals surface area (Å²) in [5.74, 6) is -1.42. The van der Waals surface area contributed by atoms with Crippen molar-refractivity contribution in [2.45, 2.75) is 13.8 Å². The normalized spacial score (nSPS) is 14.0. The lowest BCUT2D eigenvalue weighted by Crippen LogP contribution is -2.13. The van der Waals surface area contributed by atoms with Gasteiger partial charge in [0.05, 0.1) is 45.0 Å². The van der Waals surface area contributed by atoms with E-state index in [1.807, 2.05) is 24.3 Å². The summed E-state index contributed by atoms with van der Waals surface area (Å²) < 4.78 is 5.57. The van der Waals surface area contributed by atoms with Crippen molar-refractivity contribution in [3.8, 4) is 33.4 Å². The van der Waals surface area contributed by atoms with Gasteiger partial charge in [-0.1, -0.05) is 26.0 Å². The number of rotatable bonds is 7. The minimum absolute atomic E-state index is 0.00541. The van der Waals surface area contributed by atoms with Gasteiger partial charge in [-0.25, -0.2) is 14.6 Å². The van der Waals surface area contributed by atoms with Crippen LogP contribution in [-0.4, -0.2) is 37.1 Å². The average Bonchev–Trinajstić information content (AvgIpc) is 3.73. The van der Waals surface area contributed by atoms with Gasteiger partial charge in [0.15, 0.2) is 0 Å². The molecule has 0 aromatic carbocycles. The van der Waals surface area contributed by atoms with Crippen molar-refractivity contribution < 1.29 is 24.2 Å². The van der Waals surface area contributed by atoms with Gasteiger partial charge in [0.25, 0.3) is 0 Å². The van der Waals surface area contributed by atoms with E-state index in [4.69, 9.17) is 4.42 Å². The van der Waals surface area contributed by atoms with E-state index in [-0.39, 0.29) is 27.9 Å². The number of furan rings is 1. The number of carbonyl (C=O) groups is 2. The molecule has 2 N–H and O–H groups in total. The van der Waals surface area contributed by atoms with E-state index >= 15 is 0 Å². The van der Waals surface area contributed by atoms with Gasteiger partial charge in [-0.05, 0) is 77.4 Å². The van der Waals surface area contributed by atoms with Crippen LogP contribution < -0.4 is 0 Å². The molecule has 6 rings (SSSR count). The maximum atomic E-state index is 12.0. The zero-order chi connectivity index (χ0) is 28.7. The first-order valence-electron chi connectivity index (χ1n) is 12.7. The van der Waals surface area contributed by atoms with Crippen LogP contribution in [0.5, 0.6) is 0 Å². The minimum atomic E-state index is -1.14. The third kappa shape index (κ3) is 4.87. The summed E-state index contributed by atoms with van der Waals surface area (Å²) in [7, 11) is 0. The van der Waals surface area contributed by atoms with Gasteiger partial charge in [0.1, 0.15) is 5.76 Å². The molecule has 202 valence electrons. The molecule has 5 aromatic heterocycles. The zero-order valence-electron chi connectivity index (χ0n) is 22.0. The molecule has 0 bridgehead atoms. The van der Waals surface area contributed by atoms with Crippen LogP contribution >= 0.6 is 11.3 Å². The highest BCUT2D eigenvalue weighted by Crippen LogP contribution is 2.51. The van der Waals surface area contributed by atoms with Crippen LogP contribution in [0.1, 0.15) is 45.0 Å². The second-order valence-electron chi connectivity index (χ2n) is 10.0. The number of aromatic carboxylic acids is 2. The average molecular weight is 562 g/mol. The number of allylic oxidation sites excluding steroid dienone is 4. The van der Waals surface area contributed by atoms with Gasteiger partial charge < -0.3 is 14.6 Å². The summed E-state index contributed by atoms with van der Waals surface area (Å²) in [4.78, 5) is 39.0. The van der Waals surface area contributed by atoms with Crippen LogP contribution in [0.4, 0.5) is 0 Å². The van der Waals surface area contributed by atoms with Crippen LogP contribution in [-0.2, 0) is 0 Å². The number of aromatic nitrogens is 3. The Kier molecular flexibility index (Phi) is 6.43. The van der Waals surface area contributed by atoms with E-state index in [0.29, 0.717) is 11.4 Å². The first-order chi connectivity index (χ1) is 19.7. The van der Waals surface area contributed by atoms with Crippen LogP contribution in [0.15, 0.2) is 95.9 Å². The van der Waals surface area contributed by atoms with Gasteiger partial charge >= 0.3 is 11.9 Å². The van der Waals surface area contributed by atoms with E-state index in [1.165, 1.54) is 36.0 Å². The Morgan fingerprint density at radius 1 is 0.756 bits per heavy atom. The Morgan fingerprint density at radius 3 is 2.07 bits per heavy atom. The molecule has 41 heavy (non-hydrogen) atoms. The van der Waals surface area contributed by atoms with E-state index in [9.17, 15) is 19.8 Å². The zero-order valence-corrected chi connectivity index (χ0v) is 22.8. The lowest BCUT2D eigenvalue weighted by Gasteiger charge is -2.27. The van der Waals surface area contributed by atoms with E-state index < -0.39 is 11.9 Å². The molecule has 0 amide bonds. The van der Waals surface area contributed by atoms with Crippen molar-refractivity contribution in [3.05, 3.63) is 113 Å². The summed E-state index contributed by atoms with van der Waals surface area (Å²) in [5.41, 5.74) is 4.25. The Labute approximate surface area is 239 Å². The number of nitrogens with zero attached hydrogens (tertiary/aromatic N) is 3. The molecule has 0 saturated heterocycles. The fourth-order valence-electron chi connectivity index (χ4n) is 4.97. The highest BCUT2D eigenvalue weighted by atomic mass is 32.1. The van der Waals surface area contributed by atoms with E-state index in [0.717, 1.165) is 26.7 Å². The largest absolute Gasteiger partial charge is 0.478 e. The molecule has 1 aliphatic carbocycles. The predicted molar refractivity (Wildman–Crippen MR) is 156 cm³/mol. The van der Waals surface area contributed by atoms with Gasteiger partial charge in [-0.2, -0.15) is 0 Å². The van der Waals surface area contributed by atoms with Crippen molar-refractivity contribution in [3.63, 3.8) is 0 Å². The smallest absolute Gasteiger partial charge is 0.335 e. The van der Waals surface area contributed by atoms with Crippen LogP contribution in [0, 0.1) is 5.41 Å². The Bertz CT molecular complexity index is 1880. The highest BCUT2D eigenvalue weighted by Gasteiger charge is 2.34. The summed E-state index contributed by atoms with van der Waals surface area (Å²) in [5, 5.41) is 19.2. The van der Waals surface area contributed by atoms with E-state index in [2.05, 4.69) is 53.1 Å². The molecule has 9 heteroatoms. The molecule has 0 aliphatic heterocycles. The minimum Gasteiger partial charge on any atom is -0.478 e. The van der Waals surface area contributed by atoms with Crippen LogP contribution in [0.2, 0.25) is 0 Å². The quantitative estimate of drug-likeness (QED) is 0.210. The first kappa shape index (κ1) is 26.1. The molecule has 1 aliphatic rings. The maximum absolute atomic E-state index is 12.0. The number of hydrogen-bond donors (Lipinski definition) is 2. The topological polar surface area (TPSA) is 126 Å². The molecule has 0 radical (unpaired) electrons. The molecule has 0 atom stereocenters. The number of hydrogen-bond acceptors (Lipinski definition) is 7. The van der Waals surface area contributed by atoms with Crippen LogP contribution in [0.3, 0.4) is 0 Å². The number of carboxylic acids is 2. The monoisotopic (exact) mass is 561 g/mol. The summed E-state index contributed by atoms with van der Waals surface area (Å²) in [6, 6.07) is 17.4.